The second-order valence-corrected chi connectivity index (χ2v) is 4.11. The van der Waals surface area contributed by atoms with Gasteiger partial charge in [0.1, 0.15) is 0 Å². The van der Waals surface area contributed by atoms with Crippen LogP contribution in [0.5, 0.6) is 0 Å². The molecule has 0 fully saturated rings. The third-order valence-corrected chi connectivity index (χ3v) is 2.73. The Morgan fingerprint density at radius 2 is 2.17 bits per heavy atom. The fraction of sp³-hybridized carbons (Fsp3) is 0.375. The molecule has 0 saturated heterocycles. The van der Waals surface area contributed by atoms with Crippen molar-refractivity contribution in [3.8, 4) is 0 Å². The summed E-state index contributed by atoms with van der Waals surface area (Å²) in [6, 6.07) is 10.3. The summed E-state index contributed by atoms with van der Waals surface area (Å²) in [5, 5.41) is 0. The number of ether oxygens (including phenoxy) is 1. The van der Waals surface area contributed by atoms with Gasteiger partial charge in [-0.15, -0.1) is 5.73 Å². The lowest BCUT2D eigenvalue weighted by atomic mass is 9.99. The molecule has 18 heavy (non-hydrogen) atoms. The number of hydrogen-bond donors (Lipinski definition) is 0. The SMILES string of the molecule is C=C=CC(CCCc1ccccc1)C(=O)OCC. The predicted molar refractivity (Wildman–Crippen MR) is 73.2 cm³/mol. The Hall–Kier alpha value is -1.79. The molecule has 1 rings (SSSR count). The number of carbonyl (C=O) groups is 1. The highest BCUT2D eigenvalue weighted by Gasteiger charge is 2.15. The zero-order chi connectivity index (χ0) is 13.2. The summed E-state index contributed by atoms with van der Waals surface area (Å²) >= 11 is 0. The van der Waals surface area contributed by atoms with E-state index in [-0.39, 0.29) is 11.9 Å². The van der Waals surface area contributed by atoms with Gasteiger partial charge in [0.25, 0.3) is 0 Å². The van der Waals surface area contributed by atoms with Crippen molar-refractivity contribution in [2.24, 2.45) is 5.92 Å². The van der Waals surface area contributed by atoms with Gasteiger partial charge in [0.15, 0.2) is 0 Å². The summed E-state index contributed by atoms with van der Waals surface area (Å²) in [6.07, 6.45) is 4.40. The third kappa shape index (κ3) is 5.03. The van der Waals surface area contributed by atoms with E-state index in [2.05, 4.69) is 24.4 Å². The standard InChI is InChI=1S/C16H20O2/c1-3-9-15(16(17)18-4-2)13-8-12-14-10-6-5-7-11-14/h5-7,9-11,15H,1,4,8,12-13H2,2H3. The minimum Gasteiger partial charge on any atom is -0.466 e. The highest BCUT2D eigenvalue weighted by molar-refractivity contribution is 5.74. The highest BCUT2D eigenvalue weighted by Crippen LogP contribution is 2.13. The van der Waals surface area contributed by atoms with Crippen molar-refractivity contribution in [3.05, 3.63) is 54.3 Å². The van der Waals surface area contributed by atoms with Crippen molar-refractivity contribution in [2.75, 3.05) is 6.61 Å². The third-order valence-electron chi connectivity index (χ3n) is 2.73. The van der Waals surface area contributed by atoms with E-state index in [1.807, 2.05) is 25.1 Å². The topological polar surface area (TPSA) is 26.3 Å². The Kier molecular flexibility index (Phi) is 6.60. The zero-order valence-electron chi connectivity index (χ0n) is 10.9. The molecule has 1 unspecified atom stereocenters. The molecule has 2 nitrogen and oxygen atoms in total. The van der Waals surface area contributed by atoms with Crippen LogP contribution in [0.4, 0.5) is 0 Å². The van der Waals surface area contributed by atoms with Gasteiger partial charge in [-0.1, -0.05) is 36.9 Å². The van der Waals surface area contributed by atoms with Crippen molar-refractivity contribution >= 4 is 5.97 Å². The van der Waals surface area contributed by atoms with Crippen LogP contribution in [0.3, 0.4) is 0 Å². The molecule has 0 aliphatic heterocycles. The molecule has 1 aromatic carbocycles. The first kappa shape index (κ1) is 14.3. The molecule has 1 atom stereocenters. The minimum atomic E-state index is -0.217. The summed E-state index contributed by atoms with van der Waals surface area (Å²) < 4.78 is 5.02. The van der Waals surface area contributed by atoms with E-state index in [9.17, 15) is 4.79 Å². The molecule has 0 bridgehead atoms. The van der Waals surface area contributed by atoms with E-state index in [1.54, 1.807) is 6.08 Å². The molecule has 0 aliphatic carbocycles. The lowest BCUT2D eigenvalue weighted by Crippen LogP contribution is -2.15. The monoisotopic (exact) mass is 244 g/mol. The van der Waals surface area contributed by atoms with E-state index in [4.69, 9.17) is 4.74 Å². The first-order valence-electron chi connectivity index (χ1n) is 6.34. The maximum absolute atomic E-state index is 11.7. The van der Waals surface area contributed by atoms with Crippen LogP contribution in [0, 0.1) is 5.92 Å². The van der Waals surface area contributed by atoms with E-state index < -0.39 is 0 Å². The van der Waals surface area contributed by atoms with Crippen LogP contribution in [-0.2, 0) is 16.0 Å². The second kappa shape index (κ2) is 8.32. The number of aryl methyl sites for hydroxylation is 1. The molecule has 0 aliphatic rings. The Labute approximate surface area is 109 Å². The molecule has 0 N–H and O–H groups in total. The predicted octanol–water partition coefficient (Wildman–Crippen LogP) is 3.53. The molecule has 0 spiro atoms. The van der Waals surface area contributed by atoms with Crippen molar-refractivity contribution in [3.63, 3.8) is 0 Å². The largest absolute Gasteiger partial charge is 0.466 e. The number of benzene rings is 1. The maximum atomic E-state index is 11.7. The van der Waals surface area contributed by atoms with Crippen LogP contribution in [0.25, 0.3) is 0 Å². The van der Waals surface area contributed by atoms with Gasteiger partial charge in [0.2, 0.25) is 0 Å². The fourth-order valence-electron chi connectivity index (χ4n) is 1.83. The maximum Gasteiger partial charge on any atom is 0.313 e. The van der Waals surface area contributed by atoms with Gasteiger partial charge in [-0.2, -0.15) is 0 Å². The molecule has 1 aromatic rings. The Morgan fingerprint density at radius 3 is 2.78 bits per heavy atom. The first-order chi connectivity index (χ1) is 8.77. The summed E-state index contributed by atoms with van der Waals surface area (Å²) in [6.45, 7) is 5.75. The molecule has 0 heterocycles. The summed E-state index contributed by atoms with van der Waals surface area (Å²) in [5.74, 6) is -0.395. The normalized spacial score (nSPS) is 11.4. The quantitative estimate of drug-likeness (QED) is 0.542. The summed E-state index contributed by atoms with van der Waals surface area (Å²) in [5.41, 5.74) is 3.97. The van der Waals surface area contributed by atoms with Crippen LogP contribution in [0.15, 0.2) is 48.7 Å². The minimum absolute atomic E-state index is 0.179. The summed E-state index contributed by atoms with van der Waals surface area (Å²) in [4.78, 5) is 11.7. The van der Waals surface area contributed by atoms with Gasteiger partial charge in [-0.3, -0.25) is 4.79 Å². The molecule has 2 heteroatoms. The van der Waals surface area contributed by atoms with Crippen molar-refractivity contribution in [1.82, 2.24) is 0 Å². The fourth-order valence-corrected chi connectivity index (χ4v) is 1.83. The van der Waals surface area contributed by atoms with Crippen molar-refractivity contribution in [1.29, 1.82) is 0 Å². The van der Waals surface area contributed by atoms with Crippen LogP contribution in [0.1, 0.15) is 25.3 Å². The zero-order valence-corrected chi connectivity index (χ0v) is 10.9. The molecule has 0 amide bonds. The number of rotatable bonds is 7. The van der Waals surface area contributed by atoms with E-state index in [0.29, 0.717) is 6.61 Å². The second-order valence-electron chi connectivity index (χ2n) is 4.11. The number of carbonyl (C=O) groups excluding carboxylic acids is 1. The number of esters is 1. The number of hydrogen-bond acceptors (Lipinski definition) is 2. The Balaban J connectivity index is 2.43. The average molecular weight is 244 g/mol. The van der Waals surface area contributed by atoms with Gasteiger partial charge >= 0.3 is 5.97 Å². The average Bonchev–Trinajstić information content (AvgIpc) is 2.39. The van der Waals surface area contributed by atoms with E-state index in [0.717, 1.165) is 19.3 Å². The smallest absolute Gasteiger partial charge is 0.313 e. The molecule has 96 valence electrons. The molecular weight excluding hydrogens is 224 g/mol. The van der Waals surface area contributed by atoms with Crippen LogP contribution in [-0.4, -0.2) is 12.6 Å². The van der Waals surface area contributed by atoms with Gasteiger partial charge in [0, 0.05) is 0 Å². The van der Waals surface area contributed by atoms with Gasteiger partial charge in [-0.05, 0) is 37.8 Å². The highest BCUT2D eigenvalue weighted by atomic mass is 16.5. The Bertz CT molecular complexity index is 402. The van der Waals surface area contributed by atoms with Gasteiger partial charge in [-0.25, -0.2) is 0 Å². The molecular formula is C16H20O2. The molecule has 0 radical (unpaired) electrons. The van der Waals surface area contributed by atoms with Crippen LogP contribution < -0.4 is 0 Å². The molecule has 0 aromatic heterocycles. The lowest BCUT2D eigenvalue weighted by molar-refractivity contribution is -0.146. The first-order valence-corrected chi connectivity index (χ1v) is 6.34. The lowest BCUT2D eigenvalue weighted by Gasteiger charge is -2.10. The van der Waals surface area contributed by atoms with Crippen molar-refractivity contribution < 1.29 is 9.53 Å². The Morgan fingerprint density at radius 1 is 1.44 bits per heavy atom. The van der Waals surface area contributed by atoms with Gasteiger partial charge in [0.05, 0.1) is 12.5 Å². The molecule has 0 saturated carbocycles. The van der Waals surface area contributed by atoms with Crippen molar-refractivity contribution in [2.45, 2.75) is 26.2 Å². The van der Waals surface area contributed by atoms with Crippen LogP contribution in [0.2, 0.25) is 0 Å². The van der Waals surface area contributed by atoms with Gasteiger partial charge < -0.3 is 4.74 Å². The van der Waals surface area contributed by atoms with Crippen LogP contribution >= 0.6 is 0 Å². The van der Waals surface area contributed by atoms with E-state index >= 15 is 0 Å². The van der Waals surface area contributed by atoms with E-state index in [1.165, 1.54) is 5.56 Å². The summed E-state index contributed by atoms with van der Waals surface area (Å²) in [7, 11) is 0.